The van der Waals surface area contributed by atoms with Gasteiger partial charge in [-0.05, 0) is 13.0 Å². The standard InChI is InChI=1S/C13H21NO3.BrH/c1-10(9-15-2)14-8-11-6-5-7-12(16-3)13(11)17-4;/h5-7,10,14H,8-9H2,1-4H3;1H. The van der Waals surface area contributed by atoms with Gasteiger partial charge in [-0.25, -0.2) is 0 Å². The molecule has 18 heavy (non-hydrogen) atoms. The first-order chi connectivity index (χ1) is 8.22. The van der Waals surface area contributed by atoms with E-state index in [1.807, 2.05) is 18.2 Å². The van der Waals surface area contributed by atoms with Crippen molar-refractivity contribution in [3.05, 3.63) is 23.8 Å². The Morgan fingerprint density at radius 1 is 1.17 bits per heavy atom. The second-order valence-corrected chi connectivity index (χ2v) is 3.89. The predicted molar refractivity (Wildman–Crippen MR) is 78.0 cm³/mol. The van der Waals surface area contributed by atoms with E-state index in [0.717, 1.165) is 23.6 Å². The van der Waals surface area contributed by atoms with Crippen LogP contribution < -0.4 is 14.8 Å². The second kappa shape index (κ2) is 9.19. The maximum absolute atomic E-state index is 5.36. The topological polar surface area (TPSA) is 39.7 Å². The van der Waals surface area contributed by atoms with Gasteiger partial charge in [-0.3, -0.25) is 0 Å². The first-order valence-electron chi connectivity index (χ1n) is 5.65. The Balaban J connectivity index is 0.00000289. The maximum Gasteiger partial charge on any atom is 0.165 e. The molecule has 1 rings (SSSR count). The summed E-state index contributed by atoms with van der Waals surface area (Å²) in [6.45, 7) is 3.49. The lowest BCUT2D eigenvalue weighted by Gasteiger charge is -2.16. The Bertz CT molecular complexity index is 347. The Labute approximate surface area is 119 Å². The molecule has 1 unspecified atom stereocenters. The Morgan fingerprint density at radius 3 is 2.44 bits per heavy atom. The van der Waals surface area contributed by atoms with Gasteiger partial charge in [0, 0.05) is 25.3 Å². The van der Waals surface area contributed by atoms with E-state index in [1.165, 1.54) is 0 Å². The molecule has 0 spiro atoms. The largest absolute Gasteiger partial charge is 0.493 e. The van der Waals surface area contributed by atoms with Crippen molar-refractivity contribution < 1.29 is 14.2 Å². The zero-order valence-corrected chi connectivity index (χ0v) is 13.1. The van der Waals surface area contributed by atoms with Gasteiger partial charge >= 0.3 is 0 Å². The summed E-state index contributed by atoms with van der Waals surface area (Å²) in [5.74, 6) is 1.54. The Hall–Kier alpha value is -0.780. The van der Waals surface area contributed by atoms with E-state index >= 15 is 0 Å². The molecule has 0 saturated carbocycles. The molecule has 0 aliphatic rings. The van der Waals surface area contributed by atoms with Crippen molar-refractivity contribution in [1.82, 2.24) is 5.32 Å². The Kier molecular flexibility index (Phi) is 8.79. The van der Waals surface area contributed by atoms with Crippen molar-refractivity contribution in [2.24, 2.45) is 0 Å². The average molecular weight is 320 g/mol. The molecule has 0 amide bonds. The van der Waals surface area contributed by atoms with Gasteiger partial charge in [-0.2, -0.15) is 0 Å². The number of methoxy groups -OCH3 is 3. The fourth-order valence-electron chi connectivity index (χ4n) is 1.69. The van der Waals surface area contributed by atoms with E-state index in [-0.39, 0.29) is 17.0 Å². The van der Waals surface area contributed by atoms with Gasteiger partial charge in [-0.15, -0.1) is 17.0 Å². The number of para-hydroxylation sites is 1. The van der Waals surface area contributed by atoms with Crippen molar-refractivity contribution in [2.75, 3.05) is 27.9 Å². The van der Waals surface area contributed by atoms with E-state index in [9.17, 15) is 0 Å². The molecule has 0 aliphatic carbocycles. The van der Waals surface area contributed by atoms with E-state index in [0.29, 0.717) is 12.6 Å². The molecule has 0 heterocycles. The van der Waals surface area contributed by atoms with Crippen LogP contribution in [0.2, 0.25) is 0 Å². The van der Waals surface area contributed by atoms with Crippen molar-refractivity contribution in [1.29, 1.82) is 0 Å². The van der Waals surface area contributed by atoms with Crippen LogP contribution in [-0.2, 0) is 11.3 Å². The van der Waals surface area contributed by atoms with Gasteiger partial charge in [0.1, 0.15) is 0 Å². The second-order valence-electron chi connectivity index (χ2n) is 3.89. The average Bonchev–Trinajstić information content (AvgIpc) is 2.36. The third kappa shape index (κ3) is 4.84. The maximum atomic E-state index is 5.36. The first-order valence-corrected chi connectivity index (χ1v) is 5.65. The summed E-state index contributed by atoms with van der Waals surface area (Å²) in [7, 11) is 4.99. The van der Waals surface area contributed by atoms with Crippen LogP contribution in [0.25, 0.3) is 0 Å². The number of rotatable bonds is 7. The lowest BCUT2D eigenvalue weighted by molar-refractivity contribution is 0.171. The molecule has 0 aromatic heterocycles. The highest BCUT2D eigenvalue weighted by Crippen LogP contribution is 2.30. The minimum atomic E-state index is 0. The molecular weight excluding hydrogens is 298 g/mol. The van der Waals surface area contributed by atoms with Crippen LogP contribution in [0, 0.1) is 0 Å². The summed E-state index contributed by atoms with van der Waals surface area (Å²) < 4.78 is 15.7. The third-order valence-corrected chi connectivity index (χ3v) is 2.54. The summed E-state index contributed by atoms with van der Waals surface area (Å²) in [4.78, 5) is 0. The lowest BCUT2D eigenvalue weighted by Crippen LogP contribution is -2.29. The molecule has 104 valence electrons. The van der Waals surface area contributed by atoms with Crippen molar-refractivity contribution >= 4 is 17.0 Å². The number of halogens is 1. The third-order valence-electron chi connectivity index (χ3n) is 2.54. The zero-order chi connectivity index (χ0) is 12.7. The number of benzene rings is 1. The minimum absolute atomic E-state index is 0. The van der Waals surface area contributed by atoms with Crippen LogP contribution in [0.5, 0.6) is 11.5 Å². The van der Waals surface area contributed by atoms with Crippen LogP contribution in [-0.4, -0.2) is 34.0 Å². The molecule has 5 heteroatoms. The van der Waals surface area contributed by atoms with Gasteiger partial charge in [0.05, 0.1) is 20.8 Å². The van der Waals surface area contributed by atoms with Crippen LogP contribution in [0.15, 0.2) is 18.2 Å². The van der Waals surface area contributed by atoms with Gasteiger partial charge in [0.2, 0.25) is 0 Å². The zero-order valence-electron chi connectivity index (χ0n) is 11.4. The fraction of sp³-hybridized carbons (Fsp3) is 0.538. The van der Waals surface area contributed by atoms with Crippen LogP contribution in [0.3, 0.4) is 0 Å². The van der Waals surface area contributed by atoms with Gasteiger partial charge in [0.25, 0.3) is 0 Å². The van der Waals surface area contributed by atoms with Gasteiger partial charge in [-0.1, -0.05) is 12.1 Å². The van der Waals surface area contributed by atoms with Crippen LogP contribution in [0.1, 0.15) is 12.5 Å². The molecular formula is C13H22BrNO3. The molecule has 0 saturated heterocycles. The summed E-state index contributed by atoms with van der Waals surface area (Å²) in [6.07, 6.45) is 0. The molecule has 1 aromatic rings. The summed E-state index contributed by atoms with van der Waals surface area (Å²) >= 11 is 0. The number of hydrogen-bond acceptors (Lipinski definition) is 4. The van der Waals surface area contributed by atoms with Crippen LogP contribution >= 0.6 is 17.0 Å². The molecule has 0 bridgehead atoms. The SMILES string of the molecule is Br.COCC(C)NCc1cccc(OC)c1OC. The minimum Gasteiger partial charge on any atom is -0.493 e. The lowest BCUT2D eigenvalue weighted by atomic mass is 10.1. The normalized spacial score (nSPS) is 11.6. The summed E-state index contributed by atoms with van der Waals surface area (Å²) in [5.41, 5.74) is 1.08. The molecule has 1 aromatic carbocycles. The van der Waals surface area contributed by atoms with Crippen molar-refractivity contribution in [3.63, 3.8) is 0 Å². The van der Waals surface area contributed by atoms with E-state index in [1.54, 1.807) is 21.3 Å². The van der Waals surface area contributed by atoms with Crippen LogP contribution in [0.4, 0.5) is 0 Å². The number of hydrogen-bond donors (Lipinski definition) is 1. The summed E-state index contributed by atoms with van der Waals surface area (Å²) in [5, 5.41) is 3.37. The van der Waals surface area contributed by atoms with E-state index in [2.05, 4.69) is 12.2 Å². The first kappa shape index (κ1) is 17.2. The molecule has 1 atom stereocenters. The van der Waals surface area contributed by atoms with Crippen molar-refractivity contribution in [3.8, 4) is 11.5 Å². The smallest absolute Gasteiger partial charge is 0.165 e. The predicted octanol–water partition coefficient (Wildman–Crippen LogP) is 2.41. The highest BCUT2D eigenvalue weighted by atomic mass is 79.9. The molecule has 4 nitrogen and oxygen atoms in total. The monoisotopic (exact) mass is 319 g/mol. The fourth-order valence-corrected chi connectivity index (χ4v) is 1.69. The van der Waals surface area contributed by atoms with E-state index < -0.39 is 0 Å². The molecule has 0 aliphatic heterocycles. The number of ether oxygens (including phenoxy) is 3. The highest BCUT2D eigenvalue weighted by Gasteiger charge is 2.10. The van der Waals surface area contributed by atoms with E-state index in [4.69, 9.17) is 14.2 Å². The quantitative estimate of drug-likeness (QED) is 0.837. The summed E-state index contributed by atoms with van der Waals surface area (Å²) in [6, 6.07) is 6.17. The highest BCUT2D eigenvalue weighted by molar-refractivity contribution is 8.93. The van der Waals surface area contributed by atoms with Gasteiger partial charge in [0.15, 0.2) is 11.5 Å². The molecule has 0 fully saturated rings. The van der Waals surface area contributed by atoms with Gasteiger partial charge < -0.3 is 19.5 Å². The Morgan fingerprint density at radius 2 is 1.89 bits per heavy atom. The number of nitrogens with one attached hydrogen (secondary N) is 1. The van der Waals surface area contributed by atoms with Crippen molar-refractivity contribution in [2.45, 2.75) is 19.5 Å². The molecule has 0 radical (unpaired) electrons. The molecule has 1 N–H and O–H groups in total.